The SMILES string of the molecule is C[N-]C(=O)c1ccccc1.[Ru+2]. The van der Waals surface area contributed by atoms with Gasteiger partial charge in [0.1, 0.15) is 0 Å². The van der Waals surface area contributed by atoms with Crippen molar-refractivity contribution in [2.75, 3.05) is 7.05 Å². The predicted octanol–water partition coefficient (Wildman–Crippen LogP) is 1.83. The summed E-state index contributed by atoms with van der Waals surface area (Å²) in [6, 6.07) is 8.99. The Balaban J connectivity index is 0.000001000. The summed E-state index contributed by atoms with van der Waals surface area (Å²) in [6.07, 6.45) is 0. The van der Waals surface area contributed by atoms with Crippen LogP contribution in [0.3, 0.4) is 0 Å². The van der Waals surface area contributed by atoms with Crippen LogP contribution in [0.5, 0.6) is 0 Å². The van der Waals surface area contributed by atoms with Gasteiger partial charge in [-0.25, -0.2) is 0 Å². The summed E-state index contributed by atoms with van der Waals surface area (Å²) in [5, 5.41) is 3.52. The molecule has 58 valence electrons. The quantitative estimate of drug-likeness (QED) is 0.683. The first-order chi connectivity index (χ1) is 4.84. The van der Waals surface area contributed by atoms with Gasteiger partial charge in [0.15, 0.2) is 0 Å². The number of benzene rings is 1. The van der Waals surface area contributed by atoms with Crippen LogP contribution in [-0.4, -0.2) is 13.0 Å². The Morgan fingerprint density at radius 1 is 1.27 bits per heavy atom. The molecule has 0 aliphatic rings. The number of nitrogens with zero attached hydrogens (tertiary/aromatic N) is 1. The fourth-order valence-electron chi connectivity index (χ4n) is 0.710. The van der Waals surface area contributed by atoms with Crippen molar-refractivity contribution in [2.24, 2.45) is 0 Å². The molecule has 1 aromatic carbocycles. The number of carbonyl (C=O) groups excluding carboxylic acids is 1. The van der Waals surface area contributed by atoms with Gasteiger partial charge in [-0.3, -0.25) is 0 Å². The maximum atomic E-state index is 10.8. The van der Waals surface area contributed by atoms with E-state index in [1.807, 2.05) is 18.2 Å². The van der Waals surface area contributed by atoms with Crippen molar-refractivity contribution in [3.63, 3.8) is 0 Å². The Kier molecular flexibility index (Phi) is 4.72. The van der Waals surface area contributed by atoms with Gasteiger partial charge < -0.3 is 10.1 Å². The van der Waals surface area contributed by atoms with Crippen molar-refractivity contribution >= 4 is 5.91 Å². The molecule has 0 radical (unpaired) electrons. The van der Waals surface area contributed by atoms with E-state index in [1.54, 1.807) is 12.1 Å². The molecule has 2 nitrogen and oxygen atoms in total. The molecule has 0 aliphatic carbocycles. The van der Waals surface area contributed by atoms with E-state index in [4.69, 9.17) is 0 Å². The Labute approximate surface area is 78.8 Å². The number of carbonyl (C=O) groups is 1. The standard InChI is InChI=1S/C8H9NO.Ru/c1-9-8(10)7-5-3-2-4-6-7;/h2-6H,1H3,(H,9,10);/q;+2/p-1. The normalized spacial score (nSPS) is 8.09. The zero-order valence-electron chi connectivity index (χ0n) is 6.10. The molecule has 0 saturated carbocycles. The van der Waals surface area contributed by atoms with Gasteiger partial charge in [0, 0.05) is 0 Å². The largest absolute Gasteiger partial charge is 2.00 e. The van der Waals surface area contributed by atoms with E-state index in [1.165, 1.54) is 7.05 Å². The second-order valence-corrected chi connectivity index (χ2v) is 1.89. The molecule has 0 unspecified atom stereocenters. The molecule has 0 heterocycles. The van der Waals surface area contributed by atoms with Crippen LogP contribution >= 0.6 is 0 Å². The summed E-state index contributed by atoms with van der Waals surface area (Å²) < 4.78 is 0. The van der Waals surface area contributed by atoms with Crippen LogP contribution in [0, 0.1) is 0 Å². The zero-order valence-corrected chi connectivity index (χ0v) is 7.83. The Morgan fingerprint density at radius 3 is 2.27 bits per heavy atom. The second-order valence-electron chi connectivity index (χ2n) is 1.89. The summed E-state index contributed by atoms with van der Waals surface area (Å²) in [4.78, 5) is 10.8. The van der Waals surface area contributed by atoms with Gasteiger partial charge in [-0.2, -0.15) is 0 Å². The minimum atomic E-state index is -0.166. The molecule has 1 amide bonds. The van der Waals surface area contributed by atoms with Crippen LogP contribution in [0.15, 0.2) is 30.3 Å². The fraction of sp³-hybridized carbons (Fsp3) is 0.125. The van der Waals surface area contributed by atoms with Gasteiger partial charge >= 0.3 is 19.5 Å². The molecule has 0 atom stereocenters. The van der Waals surface area contributed by atoms with Gasteiger partial charge in [0.25, 0.3) is 0 Å². The van der Waals surface area contributed by atoms with Gasteiger partial charge in [-0.1, -0.05) is 30.3 Å². The van der Waals surface area contributed by atoms with Gasteiger partial charge in [-0.15, -0.1) is 7.05 Å². The molecule has 0 aliphatic heterocycles. The molecule has 1 rings (SSSR count). The molecule has 0 fully saturated rings. The average molecular weight is 235 g/mol. The van der Waals surface area contributed by atoms with Crippen LogP contribution in [0.1, 0.15) is 10.4 Å². The van der Waals surface area contributed by atoms with Gasteiger partial charge in [0.05, 0.1) is 5.91 Å². The molecule has 1 aromatic rings. The molecule has 0 spiro atoms. The Hall–Kier alpha value is -0.687. The van der Waals surface area contributed by atoms with E-state index in [-0.39, 0.29) is 25.4 Å². The van der Waals surface area contributed by atoms with Crippen molar-refractivity contribution in [3.05, 3.63) is 41.2 Å². The Bertz CT molecular complexity index is 223. The summed E-state index contributed by atoms with van der Waals surface area (Å²) in [7, 11) is 1.50. The van der Waals surface area contributed by atoms with Gasteiger partial charge in [-0.05, 0) is 5.56 Å². The first-order valence-corrected chi connectivity index (χ1v) is 3.04. The fourth-order valence-corrected chi connectivity index (χ4v) is 0.710. The smallest absolute Gasteiger partial charge is 0.652 e. The summed E-state index contributed by atoms with van der Waals surface area (Å²) in [6.45, 7) is 0. The zero-order chi connectivity index (χ0) is 7.40. The minimum Gasteiger partial charge on any atom is -0.652 e. The van der Waals surface area contributed by atoms with Crippen LogP contribution in [-0.2, 0) is 19.5 Å². The molecule has 11 heavy (non-hydrogen) atoms. The van der Waals surface area contributed by atoms with Crippen molar-refractivity contribution in [1.29, 1.82) is 0 Å². The monoisotopic (exact) mass is 236 g/mol. The number of rotatable bonds is 1. The topological polar surface area (TPSA) is 31.2 Å². The van der Waals surface area contributed by atoms with Crippen molar-refractivity contribution in [3.8, 4) is 0 Å². The van der Waals surface area contributed by atoms with Crippen molar-refractivity contribution in [2.45, 2.75) is 0 Å². The first-order valence-electron chi connectivity index (χ1n) is 3.04. The molecular formula is C8H8NORu+. The van der Waals surface area contributed by atoms with Crippen molar-refractivity contribution in [1.82, 2.24) is 0 Å². The van der Waals surface area contributed by atoms with Crippen LogP contribution in [0.4, 0.5) is 0 Å². The minimum absolute atomic E-state index is 0. The number of hydrogen-bond donors (Lipinski definition) is 0. The Morgan fingerprint density at radius 2 is 1.82 bits per heavy atom. The van der Waals surface area contributed by atoms with Crippen LogP contribution < -0.4 is 0 Å². The van der Waals surface area contributed by atoms with E-state index in [9.17, 15) is 4.79 Å². The molecule has 3 heteroatoms. The third-order valence-corrected chi connectivity index (χ3v) is 1.22. The second kappa shape index (κ2) is 5.03. The average Bonchev–Trinajstić information content (AvgIpc) is 2.05. The van der Waals surface area contributed by atoms with E-state index in [0.717, 1.165) is 0 Å². The number of amides is 1. The van der Waals surface area contributed by atoms with E-state index >= 15 is 0 Å². The summed E-state index contributed by atoms with van der Waals surface area (Å²) in [5.41, 5.74) is 0.644. The summed E-state index contributed by atoms with van der Waals surface area (Å²) in [5.74, 6) is -0.166. The molecule has 0 N–H and O–H groups in total. The molecular weight excluding hydrogens is 227 g/mol. The maximum absolute atomic E-state index is 10.8. The third-order valence-electron chi connectivity index (χ3n) is 1.22. The van der Waals surface area contributed by atoms with Gasteiger partial charge in [0.2, 0.25) is 0 Å². The predicted molar refractivity (Wildman–Crippen MR) is 40.1 cm³/mol. The van der Waals surface area contributed by atoms with Crippen molar-refractivity contribution < 1.29 is 24.3 Å². The number of hydrogen-bond acceptors (Lipinski definition) is 1. The maximum Gasteiger partial charge on any atom is 2.00 e. The van der Waals surface area contributed by atoms with E-state index in [0.29, 0.717) is 5.56 Å². The molecule has 0 aromatic heterocycles. The first kappa shape index (κ1) is 10.3. The third kappa shape index (κ3) is 2.81. The van der Waals surface area contributed by atoms with E-state index in [2.05, 4.69) is 5.32 Å². The summed E-state index contributed by atoms with van der Waals surface area (Å²) >= 11 is 0. The molecule has 0 bridgehead atoms. The van der Waals surface area contributed by atoms with E-state index < -0.39 is 0 Å². The molecule has 0 saturated heterocycles. The van der Waals surface area contributed by atoms with Crippen LogP contribution in [0.25, 0.3) is 5.32 Å². The van der Waals surface area contributed by atoms with Crippen LogP contribution in [0.2, 0.25) is 0 Å².